The van der Waals surface area contributed by atoms with Gasteiger partial charge < -0.3 is 10.5 Å². The molecule has 0 saturated carbocycles. The molecule has 1 heterocycles. The number of rotatable bonds is 3. The van der Waals surface area contributed by atoms with Gasteiger partial charge in [0, 0.05) is 12.6 Å². The van der Waals surface area contributed by atoms with Crippen LogP contribution in [0.15, 0.2) is 17.0 Å². The van der Waals surface area contributed by atoms with E-state index in [4.69, 9.17) is 10.5 Å². The minimum atomic E-state index is -3.70. The summed E-state index contributed by atoms with van der Waals surface area (Å²) in [4.78, 5) is -0.128. The summed E-state index contributed by atoms with van der Waals surface area (Å²) in [7, 11) is -2.42. The van der Waals surface area contributed by atoms with Crippen LogP contribution in [0, 0.1) is 5.82 Å². The predicted octanol–water partition coefficient (Wildman–Crippen LogP) is 1.59. The number of hydrogen-bond donors (Lipinski definition) is 1. The summed E-state index contributed by atoms with van der Waals surface area (Å²) in [5.41, 5.74) is 5.59. The minimum Gasteiger partial charge on any atom is -0.492 e. The average molecular weight is 288 g/mol. The van der Waals surface area contributed by atoms with Crippen molar-refractivity contribution >= 4 is 15.7 Å². The molecule has 2 rings (SSSR count). The lowest BCUT2D eigenvalue weighted by Crippen LogP contribution is -2.33. The molecule has 106 valence electrons. The number of ether oxygens (including phenoxy) is 1. The van der Waals surface area contributed by atoms with E-state index in [-0.39, 0.29) is 22.4 Å². The summed E-state index contributed by atoms with van der Waals surface area (Å²) >= 11 is 0. The number of anilines is 1. The van der Waals surface area contributed by atoms with Crippen molar-refractivity contribution < 1.29 is 17.5 Å². The van der Waals surface area contributed by atoms with Gasteiger partial charge in [-0.3, -0.25) is 0 Å². The molecule has 19 heavy (non-hydrogen) atoms. The maximum Gasteiger partial charge on any atom is 0.243 e. The van der Waals surface area contributed by atoms with Gasteiger partial charge in [0.25, 0.3) is 0 Å². The second kappa shape index (κ2) is 4.97. The molecule has 5 nitrogen and oxygen atoms in total. The second-order valence-electron chi connectivity index (χ2n) is 4.63. The van der Waals surface area contributed by atoms with E-state index >= 15 is 0 Å². The number of hydrogen-bond acceptors (Lipinski definition) is 4. The molecule has 0 amide bonds. The van der Waals surface area contributed by atoms with Crippen molar-refractivity contribution in [1.29, 1.82) is 0 Å². The largest absolute Gasteiger partial charge is 0.492 e. The number of benzene rings is 1. The fraction of sp³-hybridized carbons (Fsp3) is 0.500. The third-order valence-corrected chi connectivity index (χ3v) is 5.34. The molecule has 1 aromatic carbocycles. The number of halogens is 1. The van der Waals surface area contributed by atoms with Crippen LogP contribution in [-0.4, -0.2) is 32.4 Å². The Morgan fingerprint density at radius 1 is 1.47 bits per heavy atom. The minimum absolute atomic E-state index is 0.0204. The Bertz CT molecular complexity index is 566. The molecule has 0 bridgehead atoms. The Balaban J connectivity index is 2.47. The maximum absolute atomic E-state index is 13.7. The van der Waals surface area contributed by atoms with Crippen molar-refractivity contribution in [3.05, 3.63) is 17.9 Å². The first-order valence-corrected chi connectivity index (χ1v) is 7.46. The van der Waals surface area contributed by atoms with E-state index in [1.54, 1.807) is 0 Å². The summed E-state index contributed by atoms with van der Waals surface area (Å²) in [6.45, 7) is 2.30. The lowest BCUT2D eigenvalue weighted by Gasteiger charge is -2.21. The quantitative estimate of drug-likeness (QED) is 0.857. The molecule has 1 unspecified atom stereocenters. The lowest BCUT2D eigenvalue weighted by molar-refractivity contribution is 0.386. The summed E-state index contributed by atoms with van der Waals surface area (Å²) in [6, 6.07) is 2.12. The van der Waals surface area contributed by atoms with E-state index in [2.05, 4.69) is 0 Å². The van der Waals surface area contributed by atoms with Gasteiger partial charge >= 0.3 is 0 Å². The SMILES string of the molecule is COc1c(N)cc(S(=O)(=O)N2CCCC2C)cc1F. The Hall–Kier alpha value is -1.34. The molecule has 1 atom stereocenters. The van der Waals surface area contributed by atoms with Gasteiger partial charge in [0.05, 0.1) is 17.7 Å². The standard InChI is InChI=1S/C12H17FN2O3S/c1-8-4-3-5-15(8)19(16,17)9-6-10(13)12(18-2)11(14)7-9/h6-8H,3-5,14H2,1-2H3. The first-order chi connectivity index (χ1) is 8.87. The average Bonchev–Trinajstić information content (AvgIpc) is 2.75. The molecule has 0 aliphatic carbocycles. The van der Waals surface area contributed by atoms with Gasteiger partial charge in [-0.15, -0.1) is 0 Å². The van der Waals surface area contributed by atoms with Crippen molar-refractivity contribution in [2.24, 2.45) is 0 Å². The van der Waals surface area contributed by atoms with Crippen LogP contribution in [0.2, 0.25) is 0 Å². The first-order valence-electron chi connectivity index (χ1n) is 6.02. The normalized spacial score (nSPS) is 20.7. The Morgan fingerprint density at radius 2 is 2.16 bits per heavy atom. The van der Waals surface area contributed by atoms with Crippen molar-refractivity contribution in [2.75, 3.05) is 19.4 Å². The fourth-order valence-corrected chi connectivity index (χ4v) is 4.10. The molecule has 1 saturated heterocycles. The molecule has 1 aromatic rings. The Labute approximate surface area is 112 Å². The molecular formula is C12H17FN2O3S. The van der Waals surface area contributed by atoms with Gasteiger partial charge in [-0.2, -0.15) is 4.31 Å². The molecule has 0 aromatic heterocycles. The van der Waals surface area contributed by atoms with Crippen LogP contribution >= 0.6 is 0 Å². The van der Waals surface area contributed by atoms with Crippen LogP contribution in [0.4, 0.5) is 10.1 Å². The number of nitrogens with two attached hydrogens (primary N) is 1. The van der Waals surface area contributed by atoms with E-state index < -0.39 is 15.8 Å². The molecular weight excluding hydrogens is 271 g/mol. The zero-order valence-electron chi connectivity index (χ0n) is 10.9. The van der Waals surface area contributed by atoms with E-state index in [0.29, 0.717) is 6.54 Å². The highest BCUT2D eigenvalue weighted by molar-refractivity contribution is 7.89. The summed E-state index contributed by atoms with van der Waals surface area (Å²) in [5.74, 6) is -0.902. The van der Waals surface area contributed by atoms with Gasteiger partial charge in [-0.05, 0) is 31.9 Å². The van der Waals surface area contributed by atoms with E-state index in [9.17, 15) is 12.8 Å². The zero-order valence-corrected chi connectivity index (χ0v) is 11.7. The molecule has 1 aliphatic rings. The Morgan fingerprint density at radius 3 is 2.63 bits per heavy atom. The molecule has 2 N–H and O–H groups in total. The van der Waals surface area contributed by atoms with Crippen LogP contribution < -0.4 is 10.5 Å². The number of methoxy groups -OCH3 is 1. The van der Waals surface area contributed by atoms with Crippen LogP contribution in [-0.2, 0) is 10.0 Å². The molecule has 1 aliphatic heterocycles. The van der Waals surface area contributed by atoms with Crippen molar-refractivity contribution in [3.63, 3.8) is 0 Å². The van der Waals surface area contributed by atoms with Gasteiger partial charge in [0.15, 0.2) is 11.6 Å². The van der Waals surface area contributed by atoms with Crippen LogP contribution in [0.3, 0.4) is 0 Å². The van der Waals surface area contributed by atoms with Gasteiger partial charge in [-0.25, -0.2) is 12.8 Å². The second-order valence-corrected chi connectivity index (χ2v) is 6.53. The van der Waals surface area contributed by atoms with Crippen LogP contribution in [0.1, 0.15) is 19.8 Å². The zero-order chi connectivity index (χ0) is 14.2. The number of nitrogen functional groups attached to an aromatic ring is 1. The molecule has 0 spiro atoms. The van der Waals surface area contributed by atoms with Crippen molar-refractivity contribution in [1.82, 2.24) is 4.31 Å². The first kappa shape index (κ1) is 14.1. The van der Waals surface area contributed by atoms with Crippen LogP contribution in [0.25, 0.3) is 0 Å². The van der Waals surface area contributed by atoms with E-state index in [0.717, 1.165) is 18.9 Å². The van der Waals surface area contributed by atoms with Crippen molar-refractivity contribution in [2.45, 2.75) is 30.7 Å². The van der Waals surface area contributed by atoms with Crippen LogP contribution in [0.5, 0.6) is 5.75 Å². The summed E-state index contributed by atoms with van der Waals surface area (Å²) < 4.78 is 44.7. The van der Waals surface area contributed by atoms with Gasteiger partial charge in [-0.1, -0.05) is 0 Å². The van der Waals surface area contributed by atoms with Gasteiger partial charge in [0.1, 0.15) is 0 Å². The molecule has 0 radical (unpaired) electrons. The molecule has 1 fully saturated rings. The fourth-order valence-electron chi connectivity index (χ4n) is 2.35. The van der Waals surface area contributed by atoms with E-state index in [1.807, 2.05) is 6.92 Å². The van der Waals surface area contributed by atoms with Crippen molar-refractivity contribution in [3.8, 4) is 5.75 Å². The topological polar surface area (TPSA) is 72.6 Å². The molecule has 7 heteroatoms. The van der Waals surface area contributed by atoms with Gasteiger partial charge in [0.2, 0.25) is 10.0 Å². The highest BCUT2D eigenvalue weighted by Crippen LogP contribution is 2.32. The summed E-state index contributed by atoms with van der Waals surface area (Å²) in [5, 5.41) is 0. The smallest absolute Gasteiger partial charge is 0.243 e. The highest BCUT2D eigenvalue weighted by Gasteiger charge is 2.33. The lowest BCUT2D eigenvalue weighted by atomic mass is 10.3. The number of sulfonamides is 1. The predicted molar refractivity (Wildman–Crippen MR) is 70.0 cm³/mol. The monoisotopic (exact) mass is 288 g/mol. The number of nitrogens with zero attached hydrogens (tertiary/aromatic N) is 1. The maximum atomic E-state index is 13.7. The third kappa shape index (κ3) is 2.40. The third-order valence-electron chi connectivity index (χ3n) is 3.35. The highest BCUT2D eigenvalue weighted by atomic mass is 32.2. The summed E-state index contributed by atoms with van der Waals surface area (Å²) in [6.07, 6.45) is 1.63. The Kier molecular flexibility index (Phi) is 3.69. The van der Waals surface area contributed by atoms with E-state index in [1.165, 1.54) is 17.5 Å².